The lowest BCUT2D eigenvalue weighted by Crippen LogP contribution is -2.43. The van der Waals surface area contributed by atoms with E-state index in [0.29, 0.717) is 23.6 Å². The predicted molar refractivity (Wildman–Crippen MR) is 146 cm³/mol. The van der Waals surface area contributed by atoms with Crippen LogP contribution in [0, 0.1) is 0 Å². The number of aliphatic hydroxyl groups excluding tert-OH is 1. The zero-order valence-electron chi connectivity index (χ0n) is 20.9. The van der Waals surface area contributed by atoms with Gasteiger partial charge in [0.1, 0.15) is 5.75 Å². The van der Waals surface area contributed by atoms with Crippen LogP contribution >= 0.6 is 11.6 Å². The minimum absolute atomic E-state index is 0.0632. The van der Waals surface area contributed by atoms with Crippen molar-refractivity contribution in [2.24, 2.45) is 5.73 Å². The molecule has 0 aliphatic carbocycles. The molecule has 0 aliphatic rings. The highest BCUT2D eigenvalue weighted by atomic mass is 35.5. The average Bonchev–Trinajstić information content (AvgIpc) is 2.83. The van der Waals surface area contributed by atoms with Crippen LogP contribution in [0.1, 0.15) is 42.2 Å². The number of benzene rings is 3. The number of urea groups is 1. The minimum Gasteiger partial charge on any atom is -0.506 e. The molecule has 8 nitrogen and oxygen atoms in total. The summed E-state index contributed by atoms with van der Waals surface area (Å²) in [4.78, 5) is 23.6. The summed E-state index contributed by atoms with van der Waals surface area (Å²) in [5.41, 5.74) is 8.39. The molecule has 0 radical (unpaired) electrons. The third-order valence-electron chi connectivity index (χ3n) is 5.84. The first kappa shape index (κ1) is 28.0. The highest BCUT2D eigenvalue weighted by Crippen LogP contribution is 2.27. The van der Waals surface area contributed by atoms with Gasteiger partial charge in [-0.2, -0.15) is 0 Å². The number of carbonyl (C=O) groups excluding carboxylic acids is 2. The summed E-state index contributed by atoms with van der Waals surface area (Å²) in [5, 5.41) is 29.8. The largest absolute Gasteiger partial charge is 0.506 e. The molecule has 196 valence electrons. The Morgan fingerprint density at radius 2 is 1.70 bits per heavy atom. The minimum atomic E-state index is -0.871. The number of phenolic OH excluding ortho intramolecular Hbond substituents is 1. The lowest BCUT2D eigenvalue weighted by atomic mass is 9.93. The molecule has 0 bridgehead atoms. The number of rotatable bonds is 11. The van der Waals surface area contributed by atoms with Crippen LogP contribution in [0.5, 0.6) is 5.75 Å². The lowest BCUT2D eigenvalue weighted by Gasteiger charge is -2.28. The number of amides is 3. The molecule has 0 spiro atoms. The van der Waals surface area contributed by atoms with E-state index in [9.17, 15) is 19.8 Å². The van der Waals surface area contributed by atoms with Gasteiger partial charge < -0.3 is 31.9 Å². The Kier molecular flexibility index (Phi) is 9.52. The normalized spacial score (nSPS) is 12.1. The van der Waals surface area contributed by atoms with Gasteiger partial charge in [0.05, 0.1) is 18.2 Å². The van der Waals surface area contributed by atoms with E-state index in [1.807, 2.05) is 50.2 Å². The number of nitrogens with one attached hydrogen (secondary N) is 3. The van der Waals surface area contributed by atoms with Crippen LogP contribution in [0.25, 0.3) is 0 Å². The second-order valence-corrected chi connectivity index (χ2v) is 10.1. The van der Waals surface area contributed by atoms with E-state index in [4.69, 9.17) is 17.3 Å². The van der Waals surface area contributed by atoms with Crippen molar-refractivity contribution >= 4 is 29.2 Å². The van der Waals surface area contributed by atoms with Gasteiger partial charge in [-0.25, -0.2) is 4.79 Å². The first-order chi connectivity index (χ1) is 17.5. The summed E-state index contributed by atoms with van der Waals surface area (Å²) in [6, 6.07) is 18.9. The van der Waals surface area contributed by atoms with Crippen molar-refractivity contribution in [1.29, 1.82) is 0 Å². The fourth-order valence-corrected chi connectivity index (χ4v) is 4.08. The maximum absolute atomic E-state index is 12.4. The Hall–Kier alpha value is -3.59. The third-order valence-corrected chi connectivity index (χ3v) is 6.09. The molecule has 0 saturated carbocycles. The molecule has 0 fully saturated rings. The van der Waals surface area contributed by atoms with Gasteiger partial charge in [-0.05, 0) is 66.8 Å². The van der Waals surface area contributed by atoms with Crippen molar-refractivity contribution in [3.8, 4) is 5.75 Å². The van der Waals surface area contributed by atoms with Crippen LogP contribution in [0.15, 0.2) is 66.7 Å². The molecule has 0 aliphatic heterocycles. The van der Waals surface area contributed by atoms with Gasteiger partial charge in [0.15, 0.2) is 0 Å². The van der Waals surface area contributed by atoms with E-state index in [1.165, 1.54) is 12.1 Å². The van der Waals surface area contributed by atoms with Crippen LogP contribution in [0.3, 0.4) is 0 Å². The summed E-state index contributed by atoms with van der Waals surface area (Å²) in [6.45, 7) is 4.75. The molecule has 1 unspecified atom stereocenters. The standard InChI is InChI=1S/C28H33ClN4O4/c1-28(2,32-17-25(35)21-8-11-24(34)23(14-21)33-27(30)37)15-20-5-3-4-19(12-20)13-26(36)31-16-18-6-9-22(29)10-7-18/h3-12,14,25,32,34-35H,13,15-17H2,1-2H3,(H,31,36)(H3,30,33,37). The topological polar surface area (TPSA) is 137 Å². The van der Waals surface area contributed by atoms with E-state index < -0.39 is 12.1 Å². The third kappa shape index (κ3) is 9.09. The Labute approximate surface area is 221 Å². The number of primary amides is 1. The zero-order chi connectivity index (χ0) is 27.0. The van der Waals surface area contributed by atoms with Gasteiger partial charge in [-0.1, -0.05) is 54.1 Å². The molecule has 0 heterocycles. The highest BCUT2D eigenvalue weighted by Gasteiger charge is 2.21. The van der Waals surface area contributed by atoms with E-state index in [2.05, 4.69) is 16.0 Å². The molecule has 0 saturated heterocycles. The number of carbonyl (C=O) groups is 2. The Morgan fingerprint density at radius 3 is 2.41 bits per heavy atom. The number of halogens is 1. The van der Waals surface area contributed by atoms with Crippen molar-refractivity contribution in [2.75, 3.05) is 11.9 Å². The van der Waals surface area contributed by atoms with Gasteiger partial charge in [0.25, 0.3) is 0 Å². The molecule has 3 aromatic rings. The number of anilines is 1. The van der Waals surface area contributed by atoms with Gasteiger partial charge in [0, 0.05) is 23.7 Å². The summed E-state index contributed by atoms with van der Waals surface area (Å²) in [5.74, 6) is -0.201. The Bertz CT molecular complexity index is 1230. The first-order valence-corrected chi connectivity index (χ1v) is 12.3. The number of β-amino-alcohol motifs (C(OH)–C–C–N with tert-alkyl or cyclic N) is 1. The highest BCUT2D eigenvalue weighted by molar-refractivity contribution is 6.30. The first-order valence-electron chi connectivity index (χ1n) is 11.9. The molecular weight excluding hydrogens is 492 g/mol. The number of hydrogen-bond donors (Lipinski definition) is 6. The zero-order valence-corrected chi connectivity index (χ0v) is 21.7. The maximum atomic E-state index is 12.4. The summed E-state index contributed by atoms with van der Waals surface area (Å²) >= 11 is 5.90. The molecule has 3 rings (SSSR count). The molecule has 3 aromatic carbocycles. The predicted octanol–water partition coefficient (Wildman–Crippen LogP) is 4.04. The van der Waals surface area contributed by atoms with Gasteiger partial charge >= 0.3 is 6.03 Å². The molecule has 1 atom stereocenters. The van der Waals surface area contributed by atoms with Crippen LogP contribution < -0.4 is 21.7 Å². The van der Waals surface area contributed by atoms with Crippen molar-refractivity contribution in [3.63, 3.8) is 0 Å². The van der Waals surface area contributed by atoms with Gasteiger partial charge in [-0.3, -0.25) is 4.79 Å². The van der Waals surface area contributed by atoms with Crippen molar-refractivity contribution in [1.82, 2.24) is 10.6 Å². The monoisotopic (exact) mass is 524 g/mol. The summed E-state index contributed by atoms with van der Waals surface area (Å²) in [6.07, 6.45) is 0.0737. The van der Waals surface area contributed by atoms with Gasteiger partial charge in [0.2, 0.25) is 5.91 Å². The van der Waals surface area contributed by atoms with Gasteiger partial charge in [-0.15, -0.1) is 0 Å². The molecule has 7 N–H and O–H groups in total. The van der Waals surface area contributed by atoms with E-state index in [-0.39, 0.29) is 35.8 Å². The van der Waals surface area contributed by atoms with Crippen LogP contribution in [-0.4, -0.2) is 34.2 Å². The Morgan fingerprint density at radius 1 is 1.00 bits per heavy atom. The Balaban J connectivity index is 1.53. The summed E-state index contributed by atoms with van der Waals surface area (Å²) in [7, 11) is 0. The van der Waals surface area contributed by atoms with Crippen LogP contribution in [-0.2, 0) is 24.2 Å². The molecule has 37 heavy (non-hydrogen) atoms. The number of aliphatic hydroxyl groups is 1. The lowest BCUT2D eigenvalue weighted by molar-refractivity contribution is -0.120. The quantitative estimate of drug-likeness (QED) is 0.210. The second-order valence-electron chi connectivity index (χ2n) is 9.62. The smallest absolute Gasteiger partial charge is 0.316 e. The molecule has 3 amide bonds. The number of phenols is 1. The number of aromatic hydroxyl groups is 1. The molecule has 9 heteroatoms. The van der Waals surface area contributed by atoms with Crippen molar-refractivity contribution < 1.29 is 19.8 Å². The summed E-state index contributed by atoms with van der Waals surface area (Å²) < 4.78 is 0. The van der Waals surface area contributed by atoms with Crippen molar-refractivity contribution in [3.05, 3.63) is 94.0 Å². The van der Waals surface area contributed by atoms with E-state index >= 15 is 0 Å². The number of hydrogen-bond acceptors (Lipinski definition) is 5. The number of nitrogens with two attached hydrogens (primary N) is 1. The molecule has 0 aromatic heterocycles. The van der Waals surface area contributed by atoms with Crippen LogP contribution in [0.4, 0.5) is 10.5 Å². The fraction of sp³-hybridized carbons (Fsp3) is 0.286. The second kappa shape index (κ2) is 12.6. The van der Waals surface area contributed by atoms with Crippen LogP contribution in [0.2, 0.25) is 5.02 Å². The fourth-order valence-electron chi connectivity index (χ4n) is 3.96. The maximum Gasteiger partial charge on any atom is 0.316 e. The SMILES string of the molecule is CC(C)(Cc1cccc(CC(=O)NCc2ccc(Cl)cc2)c1)NCC(O)c1ccc(O)c(NC(N)=O)c1. The van der Waals surface area contributed by atoms with E-state index in [0.717, 1.165) is 16.7 Å². The van der Waals surface area contributed by atoms with Crippen molar-refractivity contribution in [2.45, 2.75) is 44.9 Å². The molecular formula is C28H33ClN4O4. The van der Waals surface area contributed by atoms with E-state index in [1.54, 1.807) is 18.2 Å². The average molecular weight is 525 g/mol.